The van der Waals surface area contributed by atoms with E-state index in [0.717, 1.165) is 5.56 Å². The molecule has 0 saturated carbocycles. The number of carbonyl (C=O) groups excluding carboxylic acids is 3. The Morgan fingerprint density at radius 1 is 1.20 bits per heavy atom. The number of nitrogens with one attached hydrogen (secondary N) is 2. The number of methoxy groups -OCH3 is 1. The fourth-order valence-electron chi connectivity index (χ4n) is 1.82. The monoisotopic (exact) mass is 350 g/mol. The fourth-order valence-corrected chi connectivity index (χ4v) is 1.82. The zero-order valence-electron chi connectivity index (χ0n) is 14.3. The van der Waals surface area contributed by atoms with Gasteiger partial charge in [-0.25, -0.2) is 9.59 Å². The van der Waals surface area contributed by atoms with Crippen molar-refractivity contribution in [1.82, 2.24) is 10.6 Å². The van der Waals surface area contributed by atoms with Crippen LogP contribution >= 0.6 is 0 Å². The molecule has 0 aliphatic carbocycles. The molecule has 2 N–H and O–H groups in total. The van der Waals surface area contributed by atoms with Crippen molar-refractivity contribution >= 4 is 17.9 Å². The minimum Gasteiger partial charge on any atom is -0.493 e. The number of imide groups is 1. The molecule has 0 aromatic heterocycles. The third-order valence-corrected chi connectivity index (χ3v) is 2.91. The Kier molecular flexibility index (Phi) is 8.56. The second kappa shape index (κ2) is 10.7. The first kappa shape index (κ1) is 20.0. The molecule has 1 aromatic rings. The molecule has 1 rings (SSSR count). The van der Waals surface area contributed by atoms with Crippen LogP contribution in [0, 0.1) is 0 Å². The van der Waals surface area contributed by atoms with Crippen LogP contribution in [0.3, 0.4) is 0 Å². The molecule has 0 saturated heterocycles. The molecular weight excluding hydrogens is 328 g/mol. The van der Waals surface area contributed by atoms with Gasteiger partial charge in [0.1, 0.15) is 0 Å². The van der Waals surface area contributed by atoms with Gasteiger partial charge in [-0.2, -0.15) is 0 Å². The lowest BCUT2D eigenvalue weighted by Crippen LogP contribution is -2.41. The summed E-state index contributed by atoms with van der Waals surface area (Å²) in [6, 6.07) is 4.63. The maximum atomic E-state index is 11.6. The molecule has 0 unspecified atom stereocenters. The lowest BCUT2D eigenvalue weighted by atomic mass is 10.1. The van der Waals surface area contributed by atoms with Gasteiger partial charge in [-0.3, -0.25) is 10.1 Å². The van der Waals surface area contributed by atoms with Gasteiger partial charge in [-0.15, -0.1) is 6.58 Å². The maximum absolute atomic E-state index is 11.6. The van der Waals surface area contributed by atoms with E-state index in [1.807, 2.05) is 11.4 Å². The average molecular weight is 350 g/mol. The molecule has 3 amide bonds. The summed E-state index contributed by atoms with van der Waals surface area (Å²) in [6.07, 6.45) is 2.44. The van der Waals surface area contributed by atoms with Gasteiger partial charge < -0.3 is 19.5 Å². The summed E-state index contributed by atoms with van der Waals surface area (Å²) in [5.41, 5.74) is 0.990. The average Bonchev–Trinajstić information content (AvgIpc) is 2.59. The Bertz CT molecular complexity index is 630. The van der Waals surface area contributed by atoms with Crippen LogP contribution in [0.2, 0.25) is 0 Å². The van der Waals surface area contributed by atoms with Gasteiger partial charge in [0, 0.05) is 6.54 Å². The summed E-state index contributed by atoms with van der Waals surface area (Å²) in [5.74, 6) is -0.630. The second-order valence-electron chi connectivity index (χ2n) is 4.84. The van der Waals surface area contributed by atoms with Crippen LogP contribution in [-0.4, -0.2) is 44.8 Å². The van der Waals surface area contributed by atoms with Crippen LogP contribution in [-0.2, 0) is 20.7 Å². The Labute approximate surface area is 146 Å². The van der Waals surface area contributed by atoms with Gasteiger partial charge in [0.05, 0.1) is 7.11 Å². The Hall–Kier alpha value is -3.03. The standard InChI is InChI=1S/C17H22N2O6/c1-4-6-12-7-8-13(14(9-12)23-3)24-11-16(21)25-10-15(20)19-17(22)18-5-2/h4,7-9H,1,5-6,10-11H2,2-3H3,(H2,18,19,20,22). The number of hydrogen-bond donors (Lipinski definition) is 2. The van der Waals surface area contributed by atoms with E-state index < -0.39 is 31.1 Å². The van der Waals surface area contributed by atoms with E-state index in [9.17, 15) is 14.4 Å². The van der Waals surface area contributed by atoms with E-state index in [2.05, 4.69) is 11.9 Å². The summed E-state index contributed by atoms with van der Waals surface area (Å²) in [7, 11) is 1.49. The Balaban J connectivity index is 2.44. The lowest BCUT2D eigenvalue weighted by molar-refractivity contribution is -0.150. The van der Waals surface area contributed by atoms with Crippen LogP contribution in [0.25, 0.3) is 0 Å². The summed E-state index contributed by atoms with van der Waals surface area (Å²) in [4.78, 5) is 34.1. The van der Waals surface area contributed by atoms with Crippen LogP contribution in [0.1, 0.15) is 12.5 Å². The van der Waals surface area contributed by atoms with E-state index in [1.54, 1.807) is 25.1 Å². The molecule has 8 nitrogen and oxygen atoms in total. The Morgan fingerprint density at radius 2 is 1.96 bits per heavy atom. The Morgan fingerprint density at radius 3 is 2.60 bits per heavy atom. The minimum atomic E-state index is -0.747. The van der Waals surface area contributed by atoms with Gasteiger partial charge in [-0.05, 0) is 31.0 Å². The highest BCUT2D eigenvalue weighted by Gasteiger charge is 2.12. The third kappa shape index (κ3) is 7.38. The van der Waals surface area contributed by atoms with Crippen LogP contribution in [0.5, 0.6) is 11.5 Å². The molecule has 25 heavy (non-hydrogen) atoms. The van der Waals surface area contributed by atoms with Crippen molar-refractivity contribution in [3.05, 3.63) is 36.4 Å². The van der Waals surface area contributed by atoms with Gasteiger partial charge in [0.2, 0.25) is 0 Å². The fraction of sp³-hybridized carbons (Fsp3) is 0.353. The molecule has 136 valence electrons. The number of amides is 3. The van der Waals surface area contributed by atoms with Crippen LogP contribution < -0.4 is 20.1 Å². The summed E-state index contributed by atoms with van der Waals surface area (Å²) < 4.78 is 15.3. The second-order valence-corrected chi connectivity index (χ2v) is 4.84. The molecule has 0 spiro atoms. The molecule has 0 radical (unpaired) electrons. The highest BCUT2D eigenvalue weighted by atomic mass is 16.6. The zero-order valence-corrected chi connectivity index (χ0v) is 14.3. The van der Waals surface area contributed by atoms with E-state index in [1.165, 1.54) is 7.11 Å². The predicted molar refractivity (Wildman–Crippen MR) is 90.6 cm³/mol. The van der Waals surface area contributed by atoms with Crippen molar-refractivity contribution in [2.24, 2.45) is 0 Å². The van der Waals surface area contributed by atoms with E-state index >= 15 is 0 Å². The number of benzene rings is 1. The third-order valence-electron chi connectivity index (χ3n) is 2.91. The largest absolute Gasteiger partial charge is 0.493 e. The molecule has 0 atom stereocenters. The van der Waals surface area contributed by atoms with E-state index in [0.29, 0.717) is 24.5 Å². The smallest absolute Gasteiger partial charge is 0.344 e. The molecule has 8 heteroatoms. The number of esters is 1. The maximum Gasteiger partial charge on any atom is 0.344 e. The number of carbonyl (C=O) groups is 3. The number of urea groups is 1. The number of allylic oxidation sites excluding steroid dienone is 1. The highest BCUT2D eigenvalue weighted by molar-refractivity contribution is 5.95. The number of hydrogen-bond acceptors (Lipinski definition) is 6. The van der Waals surface area contributed by atoms with Crippen molar-refractivity contribution in [2.45, 2.75) is 13.3 Å². The first-order valence-corrected chi connectivity index (χ1v) is 7.64. The number of rotatable bonds is 9. The normalized spacial score (nSPS) is 9.68. The quantitative estimate of drug-likeness (QED) is 0.512. The first-order chi connectivity index (χ1) is 12.0. The van der Waals surface area contributed by atoms with Crippen molar-refractivity contribution in [1.29, 1.82) is 0 Å². The van der Waals surface area contributed by atoms with Gasteiger partial charge in [-0.1, -0.05) is 12.1 Å². The summed E-state index contributed by atoms with van der Waals surface area (Å²) >= 11 is 0. The first-order valence-electron chi connectivity index (χ1n) is 7.64. The van der Waals surface area contributed by atoms with Gasteiger partial charge >= 0.3 is 12.0 Å². The van der Waals surface area contributed by atoms with Gasteiger partial charge in [0.25, 0.3) is 5.91 Å². The molecule has 0 fully saturated rings. The molecule has 0 heterocycles. The van der Waals surface area contributed by atoms with E-state index in [-0.39, 0.29) is 0 Å². The minimum absolute atomic E-state index is 0.374. The molecule has 1 aromatic carbocycles. The summed E-state index contributed by atoms with van der Waals surface area (Å²) in [5, 5.41) is 4.39. The molecule has 0 bridgehead atoms. The van der Waals surface area contributed by atoms with E-state index in [4.69, 9.17) is 14.2 Å². The molecule has 0 aliphatic rings. The van der Waals surface area contributed by atoms with Crippen LogP contribution in [0.4, 0.5) is 4.79 Å². The van der Waals surface area contributed by atoms with Crippen molar-refractivity contribution in [3.8, 4) is 11.5 Å². The van der Waals surface area contributed by atoms with Gasteiger partial charge in [0.15, 0.2) is 24.7 Å². The number of ether oxygens (including phenoxy) is 3. The van der Waals surface area contributed by atoms with Crippen LogP contribution in [0.15, 0.2) is 30.9 Å². The topological polar surface area (TPSA) is 103 Å². The SMILES string of the molecule is C=CCc1ccc(OCC(=O)OCC(=O)NC(=O)NCC)c(OC)c1. The van der Waals surface area contributed by atoms with Crippen molar-refractivity contribution < 1.29 is 28.6 Å². The lowest BCUT2D eigenvalue weighted by Gasteiger charge is -2.11. The summed E-state index contributed by atoms with van der Waals surface area (Å²) in [6.45, 7) is 4.78. The predicted octanol–water partition coefficient (Wildman–Crippen LogP) is 1.19. The van der Waals surface area contributed by atoms with Crippen molar-refractivity contribution in [2.75, 3.05) is 26.9 Å². The zero-order chi connectivity index (χ0) is 18.7. The van der Waals surface area contributed by atoms with Crippen molar-refractivity contribution in [3.63, 3.8) is 0 Å². The molecule has 0 aliphatic heterocycles. The highest BCUT2D eigenvalue weighted by Crippen LogP contribution is 2.28. The molecular formula is C17H22N2O6.